The van der Waals surface area contributed by atoms with Crippen LogP contribution in [-0.2, 0) is 9.59 Å². The van der Waals surface area contributed by atoms with E-state index in [9.17, 15) is 9.59 Å². The molecule has 0 heterocycles. The van der Waals surface area contributed by atoms with Crippen molar-refractivity contribution in [3.8, 4) is 0 Å². The van der Waals surface area contributed by atoms with Crippen molar-refractivity contribution in [2.24, 2.45) is 0 Å². The van der Waals surface area contributed by atoms with Gasteiger partial charge >= 0.3 is 11.8 Å². The van der Waals surface area contributed by atoms with Gasteiger partial charge in [-0.15, -0.1) is 0 Å². The quantitative estimate of drug-likeness (QED) is 0.522. The second kappa shape index (κ2) is 10.1. The lowest BCUT2D eigenvalue weighted by atomic mass is 10.3. The number of nitrogens with one attached hydrogen (secondary N) is 1. The van der Waals surface area contributed by atoms with E-state index < -0.39 is 5.91 Å². The molecule has 0 aliphatic heterocycles. The summed E-state index contributed by atoms with van der Waals surface area (Å²) in [6.07, 6.45) is 4.81. The Morgan fingerprint density at radius 1 is 0.941 bits per heavy atom. The molecule has 2 amide bonds. The molecule has 0 aromatic rings. The summed E-state index contributed by atoms with van der Waals surface area (Å²) in [6.45, 7) is 8.09. The predicted molar refractivity (Wildman–Crippen MR) is 69.7 cm³/mol. The van der Waals surface area contributed by atoms with Gasteiger partial charge in [-0.05, 0) is 19.3 Å². The molecule has 0 aromatic carbocycles. The monoisotopic (exact) mass is 242 g/mol. The molecule has 0 radical (unpaired) electrons. The Bertz CT molecular complexity index is 229. The van der Waals surface area contributed by atoms with E-state index in [-0.39, 0.29) is 5.91 Å². The van der Waals surface area contributed by atoms with Gasteiger partial charge in [-0.2, -0.15) is 0 Å². The highest BCUT2D eigenvalue weighted by molar-refractivity contribution is 6.34. The first-order valence-electron chi connectivity index (χ1n) is 6.74. The van der Waals surface area contributed by atoms with Crippen LogP contribution in [-0.4, -0.2) is 36.3 Å². The Labute approximate surface area is 105 Å². The van der Waals surface area contributed by atoms with Gasteiger partial charge in [0.1, 0.15) is 0 Å². The summed E-state index contributed by atoms with van der Waals surface area (Å²) in [5.74, 6) is -0.834. The van der Waals surface area contributed by atoms with E-state index in [2.05, 4.69) is 19.2 Å². The second-order valence-electron chi connectivity index (χ2n) is 4.26. The molecule has 17 heavy (non-hydrogen) atoms. The van der Waals surface area contributed by atoms with Crippen LogP contribution in [0.4, 0.5) is 0 Å². The Morgan fingerprint density at radius 2 is 1.59 bits per heavy atom. The van der Waals surface area contributed by atoms with Gasteiger partial charge in [0.2, 0.25) is 0 Å². The van der Waals surface area contributed by atoms with Crippen molar-refractivity contribution >= 4 is 11.8 Å². The van der Waals surface area contributed by atoms with Gasteiger partial charge in [0.25, 0.3) is 0 Å². The lowest BCUT2D eigenvalue weighted by molar-refractivity contribution is -0.145. The Balaban J connectivity index is 4.13. The average Bonchev–Trinajstić information content (AvgIpc) is 2.33. The summed E-state index contributed by atoms with van der Waals surface area (Å²) in [5, 5.41) is 2.67. The average molecular weight is 242 g/mol. The molecule has 0 spiro atoms. The number of carbonyl (C=O) groups is 2. The fourth-order valence-electron chi connectivity index (χ4n) is 1.53. The van der Waals surface area contributed by atoms with Crippen LogP contribution in [0.25, 0.3) is 0 Å². The smallest absolute Gasteiger partial charge is 0.311 e. The third kappa shape index (κ3) is 6.97. The first kappa shape index (κ1) is 15.9. The third-order valence-corrected chi connectivity index (χ3v) is 2.57. The second-order valence-corrected chi connectivity index (χ2v) is 4.26. The topological polar surface area (TPSA) is 49.4 Å². The van der Waals surface area contributed by atoms with Gasteiger partial charge in [0, 0.05) is 19.6 Å². The molecule has 0 rings (SSSR count). The van der Waals surface area contributed by atoms with Crippen molar-refractivity contribution in [3.05, 3.63) is 0 Å². The maximum Gasteiger partial charge on any atom is 0.311 e. The summed E-state index contributed by atoms with van der Waals surface area (Å²) < 4.78 is 0. The fourth-order valence-corrected chi connectivity index (χ4v) is 1.53. The van der Waals surface area contributed by atoms with Crippen LogP contribution >= 0.6 is 0 Å². The minimum atomic E-state index is -0.456. The summed E-state index contributed by atoms with van der Waals surface area (Å²) in [7, 11) is 0. The summed E-state index contributed by atoms with van der Waals surface area (Å²) in [5.41, 5.74) is 0. The zero-order chi connectivity index (χ0) is 13.1. The highest BCUT2D eigenvalue weighted by Crippen LogP contribution is 1.98. The van der Waals surface area contributed by atoms with Gasteiger partial charge < -0.3 is 10.2 Å². The normalized spacial score (nSPS) is 10.1. The van der Waals surface area contributed by atoms with Crippen molar-refractivity contribution < 1.29 is 9.59 Å². The minimum absolute atomic E-state index is 0.378. The SMILES string of the molecule is CCCCNC(=O)C(=O)N(CCC)CCCC. The maximum absolute atomic E-state index is 11.8. The number of nitrogens with zero attached hydrogens (tertiary/aromatic N) is 1. The van der Waals surface area contributed by atoms with E-state index in [0.717, 1.165) is 32.1 Å². The van der Waals surface area contributed by atoms with E-state index in [1.807, 2.05) is 6.92 Å². The summed E-state index contributed by atoms with van der Waals surface area (Å²) in [6, 6.07) is 0. The first-order valence-corrected chi connectivity index (χ1v) is 6.74. The van der Waals surface area contributed by atoms with Crippen molar-refractivity contribution in [1.82, 2.24) is 10.2 Å². The predicted octanol–water partition coefficient (Wildman–Crippen LogP) is 1.94. The Kier molecular flexibility index (Phi) is 9.49. The highest BCUT2D eigenvalue weighted by atomic mass is 16.2. The molecule has 0 fully saturated rings. The molecule has 4 nitrogen and oxygen atoms in total. The number of carbonyl (C=O) groups excluding carboxylic acids is 2. The highest BCUT2D eigenvalue weighted by Gasteiger charge is 2.19. The minimum Gasteiger partial charge on any atom is -0.348 e. The standard InChI is InChI=1S/C13H26N2O2/c1-4-7-9-14-12(16)13(17)15(10-6-3)11-8-5-2/h4-11H2,1-3H3,(H,14,16). The summed E-state index contributed by atoms with van der Waals surface area (Å²) in [4.78, 5) is 25.1. The van der Waals surface area contributed by atoms with E-state index in [0.29, 0.717) is 19.6 Å². The van der Waals surface area contributed by atoms with Crippen LogP contribution in [0.15, 0.2) is 0 Å². The molecule has 0 bridgehead atoms. The number of amides is 2. The molecule has 0 unspecified atom stereocenters. The maximum atomic E-state index is 11.8. The molecule has 0 saturated heterocycles. The largest absolute Gasteiger partial charge is 0.348 e. The van der Waals surface area contributed by atoms with Crippen LogP contribution in [0.3, 0.4) is 0 Å². The Hall–Kier alpha value is -1.06. The van der Waals surface area contributed by atoms with E-state index in [1.54, 1.807) is 4.90 Å². The molecule has 0 aromatic heterocycles. The molecule has 0 saturated carbocycles. The van der Waals surface area contributed by atoms with Gasteiger partial charge in [0.05, 0.1) is 0 Å². The summed E-state index contributed by atoms with van der Waals surface area (Å²) >= 11 is 0. The lowest BCUT2D eigenvalue weighted by Gasteiger charge is -2.21. The van der Waals surface area contributed by atoms with Crippen molar-refractivity contribution in [2.45, 2.75) is 52.9 Å². The van der Waals surface area contributed by atoms with Gasteiger partial charge in [-0.1, -0.05) is 33.6 Å². The van der Waals surface area contributed by atoms with Gasteiger partial charge in [0.15, 0.2) is 0 Å². The van der Waals surface area contributed by atoms with Crippen LogP contribution in [0, 0.1) is 0 Å². The van der Waals surface area contributed by atoms with Crippen LogP contribution in [0.5, 0.6) is 0 Å². The fraction of sp³-hybridized carbons (Fsp3) is 0.846. The molecule has 1 N–H and O–H groups in total. The number of hydrogen-bond donors (Lipinski definition) is 1. The molecule has 100 valence electrons. The zero-order valence-corrected chi connectivity index (χ0v) is 11.4. The van der Waals surface area contributed by atoms with Crippen molar-refractivity contribution in [1.29, 1.82) is 0 Å². The number of unbranched alkanes of at least 4 members (excludes halogenated alkanes) is 2. The first-order chi connectivity index (χ1) is 8.17. The van der Waals surface area contributed by atoms with E-state index >= 15 is 0 Å². The van der Waals surface area contributed by atoms with Gasteiger partial charge in [-0.3, -0.25) is 9.59 Å². The molecule has 0 aliphatic carbocycles. The molecule has 0 aliphatic rings. The van der Waals surface area contributed by atoms with Crippen molar-refractivity contribution in [3.63, 3.8) is 0 Å². The number of rotatable bonds is 8. The third-order valence-electron chi connectivity index (χ3n) is 2.57. The van der Waals surface area contributed by atoms with Crippen LogP contribution < -0.4 is 5.32 Å². The van der Waals surface area contributed by atoms with Crippen LogP contribution in [0.1, 0.15) is 52.9 Å². The molecule has 0 atom stereocenters. The number of hydrogen-bond acceptors (Lipinski definition) is 2. The molecule has 4 heteroatoms. The lowest BCUT2D eigenvalue weighted by Crippen LogP contribution is -2.44. The molecular formula is C13H26N2O2. The van der Waals surface area contributed by atoms with E-state index in [4.69, 9.17) is 0 Å². The zero-order valence-electron chi connectivity index (χ0n) is 11.4. The van der Waals surface area contributed by atoms with E-state index in [1.165, 1.54) is 0 Å². The van der Waals surface area contributed by atoms with Crippen molar-refractivity contribution in [2.75, 3.05) is 19.6 Å². The molecular weight excluding hydrogens is 216 g/mol. The van der Waals surface area contributed by atoms with Gasteiger partial charge in [-0.25, -0.2) is 0 Å². The van der Waals surface area contributed by atoms with Crippen LogP contribution in [0.2, 0.25) is 0 Å². The Morgan fingerprint density at radius 3 is 2.12 bits per heavy atom.